The van der Waals surface area contributed by atoms with Crippen LogP contribution >= 0.6 is 22.6 Å². The molecule has 0 aromatic heterocycles. The van der Waals surface area contributed by atoms with Crippen molar-refractivity contribution in [3.05, 3.63) is 63.0 Å². The molecule has 0 fully saturated rings. The summed E-state index contributed by atoms with van der Waals surface area (Å²) in [6, 6.07) is 13.5. The minimum absolute atomic E-state index is 0.293. The molecular weight excluding hydrogens is 380 g/mol. The van der Waals surface area contributed by atoms with E-state index in [-0.39, 0.29) is 5.82 Å². The molecule has 0 bridgehead atoms. The van der Waals surface area contributed by atoms with Crippen LogP contribution in [-0.4, -0.2) is 6.04 Å². The Bertz CT molecular complexity index is 584. The summed E-state index contributed by atoms with van der Waals surface area (Å²) in [5, 5.41) is 3.26. The van der Waals surface area contributed by atoms with Crippen molar-refractivity contribution in [1.82, 2.24) is 5.32 Å². The fourth-order valence-corrected chi connectivity index (χ4v) is 2.19. The second kappa shape index (κ2) is 7.75. The van der Waals surface area contributed by atoms with Crippen molar-refractivity contribution >= 4 is 22.6 Å². The van der Waals surface area contributed by atoms with Gasteiger partial charge in [-0.3, -0.25) is 0 Å². The Balaban J connectivity index is 1.95. The molecule has 0 saturated heterocycles. The molecule has 2 nitrogen and oxygen atoms in total. The molecule has 1 N–H and O–H groups in total. The van der Waals surface area contributed by atoms with E-state index < -0.39 is 0 Å². The third-order valence-electron chi connectivity index (χ3n) is 3.02. The predicted octanol–water partition coefficient (Wildman–Crippen LogP) is 4.51. The smallest absolute Gasteiger partial charge is 0.165 e. The van der Waals surface area contributed by atoms with Crippen LogP contribution in [-0.2, 0) is 13.2 Å². The standard InChI is InChI=1S/C17H19FINO/c1-12(2)20-10-14-5-8-17(16(18)9-14)21-11-13-3-6-15(19)7-4-13/h3-9,12,20H,10-11H2,1-2H3. The number of benzene rings is 2. The van der Waals surface area contributed by atoms with Crippen LogP contribution in [0.15, 0.2) is 42.5 Å². The van der Waals surface area contributed by atoms with Crippen LogP contribution in [0.25, 0.3) is 0 Å². The van der Waals surface area contributed by atoms with Crippen molar-refractivity contribution in [2.24, 2.45) is 0 Å². The Labute approximate surface area is 138 Å². The minimum Gasteiger partial charge on any atom is -0.486 e. The van der Waals surface area contributed by atoms with E-state index in [9.17, 15) is 4.39 Å². The number of ether oxygens (including phenoxy) is 1. The quantitative estimate of drug-likeness (QED) is 0.722. The molecule has 2 rings (SSSR count). The lowest BCUT2D eigenvalue weighted by molar-refractivity contribution is 0.290. The summed E-state index contributed by atoms with van der Waals surface area (Å²) in [7, 11) is 0. The zero-order chi connectivity index (χ0) is 15.2. The van der Waals surface area contributed by atoms with E-state index in [2.05, 4.69) is 41.8 Å². The van der Waals surface area contributed by atoms with E-state index in [0.29, 0.717) is 24.9 Å². The van der Waals surface area contributed by atoms with Gasteiger partial charge in [0.05, 0.1) is 0 Å². The zero-order valence-corrected chi connectivity index (χ0v) is 14.4. The average Bonchev–Trinajstić information content (AvgIpc) is 2.46. The highest BCUT2D eigenvalue weighted by Gasteiger charge is 2.06. The van der Waals surface area contributed by atoms with Gasteiger partial charge >= 0.3 is 0 Å². The van der Waals surface area contributed by atoms with Gasteiger partial charge in [-0.15, -0.1) is 0 Å². The monoisotopic (exact) mass is 399 g/mol. The van der Waals surface area contributed by atoms with Gasteiger partial charge in [0.2, 0.25) is 0 Å². The van der Waals surface area contributed by atoms with Crippen LogP contribution in [0.3, 0.4) is 0 Å². The molecule has 0 aliphatic carbocycles. The summed E-state index contributed by atoms with van der Waals surface area (Å²) in [6.07, 6.45) is 0. The second-order valence-corrected chi connectivity index (χ2v) is 6.46. The molecule has 0 unspecified atom stereocenters. The highest BCUT2D eigenvalue weighted by atomic mass is 127. The number of hydrogen-bond acceptors (Lipinski definition) is 2. The van der Waals surface area contributed by atoms with Gasteiger partial charge in [0, 0.05) is 16.2 Å². The van der Waals surface area contributed by atoms with Crippen LogP contribution in [0.5, 0.6) is 5.75 Å². The molecule has 112 valence electrons. The first-order valence-electron chi connectivity index (χ1n) is 6.93. The first kappa shape index (κ1) is 16.2. The van der Waals surface area contributed by atoms with Crippen molar-refractivity contribution in [2.45, 2.75) is 33.0 Å². The van der Waals surface area contributed by atoms with Crippen LogP contribution in [0, 0.1) is 9.39 Å². The van der Waals surface area contributed by atoms with E-state index in [1.165, 1.54) is 9.64 Å². The molecule has 0 saturated carbocycles. The summed E-state index contributed by atoms with van der Waals surface area (Å²) in [5.41, 5.74) is 1.95. The molecular formula is C17H19FINO. The average molecular weight is 399 g/mol. The van der Waals surface area contributed by atoms with Crippen molar-refractivity contribution in [3.63, 3.8) is 0 Å². The third kappa shape index (κ3) is 5.28. The van der Waals surface area contributed by atoms with Crippen molar-refractivity contribution in [3.8, 4) is 5.75 Å². The maximum Gasteiger partial charge on any atom is 0.165 e. The number of hydrogen-bond donors (Lipinski definition) is 1. The fraction of sp³-hybridized carbons (Fsp3) is 0.294. The summed E-state index contributed by atoms with van der Waals surface area (Å²) >= 11 is 2.25. The third-order valence-corrected chi connectivity index (χ3v) is 3.74. The van der Waals surface area contributed by atoms with E-state index in [1.807, 2.05) is 30.3 Å². The van der Waals surface area contributed by atoms with Gasteiger partial charge in [0.25, 0.3) is 0 Å². The van der Waals surface area contributed by atoms with Crippen LogP contribution in [0.4, 0.5) is 4.39 Å². The molecule has 0 aliphatic rings. The SMILES string of the molecule is CC(C)NCc1ccc(OCc2ccc(I)cc2)c(F)c1. The molecule has 0 amide bonds. The highest BCUT2D eigenvalue weighted by molar-refractivity contribution is 14.1. The molecule has 0 aliphatic heterocycles. The van der Waals surface area contributed by atoms with E-state index >= 15 is 0 Å². The summed E-state index contributed by atoms with van der Waals surface area (Å²) < 4.78 is 20.7. The van der Waals surface area contributed by atoms with E-state index in [0.717, 1.165) is 11.1 Å². The molecule has 0 radical (unpaired) electrons. The number of rotatable bonds is 6. The van der Waals surface area contributed by atoms with Crippen molar-refractivity contribution in [2.75, 3.05) is 0 Å². The van der Waals surface area contributed by atoms with Crippen LogP contribution in [0.2, 0.25) is 0 Å². The lowest BCUT2D eigenvalue weighted by Gasteiger charge is -2.11. The molecule has 2 aromatic carbocycles. The first-order chi connectivity index (χ1) is 10.0. The maximum absolute atomic E-state index is 14.0. The summed E-state index contributed by atoms with van der Waals surface area (Å²) in [6.45, 7) is 5.16. The minimum atomic E-state index is -0.316. The first-order valence-corrected chi connectivity index (χ1v) is 8.01. The lowest BCUT2D eigenvalue weighted by atomic mass is 10.2. The van der Waals surface area contributed by atoms with Gasteiger partial charge in [-0.05, 0) is 58.0 Å². The maximum atomic E-state index is 14.0. The Kier molecular flexibility index (Phi) is 5.99. The Hall–Kier alpha value is -1.14. The summed E-state index contributed by atoms with van der Waals surface area (Å²) in [4.78, 5) is 0. The molecule has 2 aromatic rings. The van der Waals surface area contributed by atoms with Crippen LogP contribution in [0.1, 0.15) is 25.0 Å². The summed E-state index contributed by atoms with van der Waals surface area (Å²) in [5.74, 6) is -0.0228. The van der Waals surface area contributed by atoms with Gasteiger partial charge in [0.1, 0.15) is 6.61 Å². The Morgan fingerprint density at radius 3 is 2.38 bits per heavy atom. The Morgan fingerprint density at radius 2 is 1.76 bits per heavy atom. The van der Waals surface area contributed by atoms with Gasteiger partial charge in [-0.1, -0.05) is 32.0 Å². The molecule has 0 atom stereocenters. The van der Waals surface area contributed by atoms with Gasteiger partial charge in [-0.2, -0.15) is 0 Å². The molecule has 21 heavy (non-hydrogen) atoms. The van der Waals surface area contributed by atoms with Crippen molar-refractivity contribution in [1.29, 1.82) is 0 Å². The molecule has 0 spiro atoms. The number of nitrogens with one attached hydrogen (secondary N) is 1. The molecule has 4 heteroatoms. The van der Waals surface area contributed by atoms with Gasteiger partial charge in [-0.25, -0.2) is 4.39 Å². The van der Waals surface area contributed by atoms with Crippen LogP contribution < -0.4 is 10.1 Å². The van der Waals surface area contributed by atoms with Gasteiger partial charge in [0.15, 0.2) is 11.6 Å². The zero-order valence-electron chi connectivity index (χ0n) is 12.2. The van der Waals surface area contributed by atoms with E-state index in [1.54, 1.807) is 6.07 Å². The normalized spacial score (nSPS) is 10.9. The fourth-order valence-electron chi connectivity index (χ4n) is 1.84. The predicted molar refractivity (Wildman–Crippen MR) is 91.9 cm³/mol. The van der Waals surface area contributed by atoms with Crippen molar-refractivity contribution < 1.29 is 9.13 Å². The highest BCUT2D eigenvalue weighted by Crippen LogP contribution is 2.20. The second-order valence-electron chi connectivity index (χ2n) is 5.22. The number of halogens is 2. The largest absolute Gasteiger partial charge is 0.486 e. The lowest BCUT2D eigenvalue weighted by Crippen LogP contribution is -2.21. The Morgan fingerprint density at radius 1 is 1.10 bits per heavy atom. The van der Waals surface area contributed by atoms with Gasteiger partial charge < -0.3 is 10.1 Å². The van der Waals surface area contributed by atoms with E-state index in [4.69, 9.17) is 4.74 Å². The topological polar surface area (TPSA) is 21.3 Å². The molecule has 0 heterocycles.